The molecule has 0 unspecified atom stereocenters. The van der Waals surface area contributed by atoms with Crippen molar-refractivity contribution in [2.24, 2.45) is 5.92 Å². The van der Waals surface area contributed by atoms with Crippen LogP contribution in [0.5, 0.6) is 0 Å². The standard InChI is InChI=1S/C18H29N5/c1-2-4-15(3-1)23-10-7-14(12-23)11-20-18-16-5-8-19-9-6-17(16)21-13-22-18/h13-15,19H,1-12H2,(H,20,21,22)/t14-/m0/s1. The Hall–Kier alpha value is -1.20. The van der Waals surface area contributed by atoms with E-state index in [0.717, 1.165) is 50.3 Å². The lowest BCUT2D eigenvalue weighted by Gasteiger charge is -2.23. The Morgan fingerprint density at radius 2 is 2.00 bits per heavy atom. The Balaban J connectivity index is 1.34. The lowest BCUT2D eigenvalue weighted by molar-refractivity contribution is 0.238. The second-order valence-electron chi connectivity index (χ2n) is 7.37. The molecule has 5 nitrogen and oxygen atoms in total. The van der Waals surface area contributed by atoms with Crippen molar-refractivity contribution >= 4 is 5.82 Å². The van der Waals surface area contributed by atoms with Gasteiger partial charge in [-0.05, 0) is 44.7 Å². The largest absolute Gasteiger partial charge is 0.369 e. The number of hydrogen-bond acceptors (Lipinski definition) is 5. The van der Waals surface area contributed by atoms with Gasteiger partial charge in [0.05, 0.1) is 5.69 Å². The quantitative estimate of drug-likeness (QED) is 0.888. The highest BCUT2D eigenvalue weighted by atomic mass is 15.2. The van der Waals surface area contributed by atoms with Crippen LogP contribution in [-0.4, -0.2) is 53.6 Å². The van der Waals surface area contributed by atoms with Gasteiger partial charge in [0.15, 0.2) is 0 Å². The van der Waals surface area contributed by atoms with Gasteiger partial charge in [0.1, 0.15) is 12.1 Å². The van der Waals surface area contributed by atoms with Crippen molar-refractivity contribution in [2.75, 3.05) is 38.0 Å². The van der Waals surface area contributed by atoms with Crippen LogP contribution >= 0.6 is 0 Å². The van der Waals surface area contributed by atoms with Gasteiger partial charge in [0.25, 0.3) is 0 Å². The second kappa shape index (κ2) is 7.14. The average Bonchev–Trinajstić information content (AvgIpc) is 3.20. The van der Waals surface area contributed by atoms with Crippen LogP contribution in [0.2, 0.25) is 0 Å². The van der Waals surface area contributed by atoms with Gasteiger partial charge in [-0.2, -0.15) is 0 Å². The van der Waals surface area contributed by atoms with Gasteiger partial charge in [-0.3, -0.25) is 0 Å². The Morgan fingerprint density at radius 3 is 2.91 bits per heavy atom. The molecule has 0 radical (unpaired) electrons. The fraction of sp³-hybridized carbons (Fsp3) is 0.778. The van der Waals surface area contributed by atoms with Gasteiger partial charge in [-0.25, -0.2) is 9.97 Å². The Bertz CT molecular complexity index is 526. The first-order valence-electron chi connectivity index (χ1n) is 9.41. The van der Waals surface area contributed by atoms with Crippen LogP contribution in [0, 0.1) is 5.92 Å². The third-order valence-electron chi connectivity index (χ3n) is 5.84. The molecule has 23 heavy (non-hydrogen) atoms. The lowest BCUT2D eigenvalue weighted by Crippen LogP contribution is -2.31. The van der Waals surface area contributed by atoms with Crippen molar-refractivity contribution in [3.8, 4) is 0 Å². The minimum atomic E-state index is 0.769. The van der Waals surface area contributed by atoms with Crippen LogP contribution in [0.1, 0.15) is 43.4 Å². The minimum Gasteiger partial charge on any atom is -0.369 e. The number of aromatic nitrogens is 2. The first kappa shape index (κ1) is 15.3. The maximum Gasteiger partial charge on any atom is 0.132 e. The minimum absolute atomic E-state index is 0.769. The van der Waals surface area contributed by atoms with Crippen LogP contribution in [0.3, 0.4) is 0 Å². The van der Waals surface area contributed by atoms with Crippen molar-refractivity contribution in [1.29, 1.82) is 0 Å². The Labute approximate surface area is 139 Å². The summed E-state index contributed by atoms with van der Waals surface area (Å²) in [6, 6.07) is 0.876. The Kier molecular flexibility index (Phi) is 4.76. The molecule has 0 bridgehead atoms. The zero-order chi connectivity index (χ0) is 15.5. The van der Waals surface area contributed by atoms with E-state index in [1.54, 1.807) is 6.33 Å². The number of hydrogen-bond donors (Lipinski definition) is 2. The molecule has 0 spiro atoms. The molecule has 2 aliphatic heterocycles. The van der Waals surface area contributed by atoms with Crippen molar-refractivity contribution < 1.29 is 0 Å². The third kappa shape index (κ3) is 3.50. The molecule has 0 aromatic carbocycles. The van der Waals surface area contributed by atoms with Crippen molar-refractivity contribution in [2.45, 2.75) is 51.0 Å². The molecule has 1 aromatic heterocycles. The lowest BCUT2D eigenvalue weighted by atomic mass is 10.1. The number of likely N-dealkylation sites (tertiary alicyclic amines) is 1. The van der Waals surface area contributed by atoms with E-state index >= 15 is 0 Å². The molecule has 1 saturated heterocycles. The van der Waals surface area contributed by atoms with Crippen molar-refractivity contribution in [3.05, 3.63) is 17.6 Å². The van der Waals surface area contributed by atoms with Crippen LogP contribution < -0.4 is 10.6 Å². The summed E-state index contributed by atoms with van der Waals surface area (Å²) >= 11 is 0. The van der Waals surface area contributed by atoms with Crippen LogP contribution in [-0.2, 0) is 12.8 Å². The fourth-order valence-corrected chi connectivity index (χ4v) is 4.50. The van der Waals surface area contributed by atoms with Crippen LogP contribution in [0.25, 0.3) is 0 Å². The summed E-state index contributed by atoms with van der Waals surface area (Å²) in [6.45, 7) is 5.69. The molecule has 3 heterocycles. The molecule has 1 atom stereocenters. The topological polar surface area (TPSA) is 53.1 Å². The first-order valence-corrected chi connectivity index (χ1v) is 9.41. The van der Waals surface area contributed by atoms with Gasteiger partial charge < -0.3 is 15.5 Å². The molecule has 126 valence electrons. The summed E-state index contributed by atoms with van der Waals surface area (Å²) in [7, 11) is 0. The number of nitrogens with zero attached hydrogens (tertiary/aromatic N) is 3. The molecule has 1 saturated carbocycles. The highest BCUT2D eigenvalue weighted by molar-refractivity contribution is 5.46. The summed E-state index contributed by atoms with van der Waals surface area (Å²) in [6.07, 6.45) is 10.8. The van der Waals surface area contributed by atoms with Crippen LogP contribution in [0.15, 0.2) is 6.33 Å². The summed E-state index contributed by atoms with van der Waals surface area (Å²) < 4.78 is 0. The van der Waals surface area contributed by atoms with E-state index in [2.05, 4.69) is 25.5 Å². The van der Waals surface area contributed by atoms with E-state index in [9.17, 15) is 0 Å². The summed E-state index contributed by atoms with van der Waals surface area (Å²) in [5, 5.41) is 7.10. The van der Waals surface area contributed by atoms with Crippen molar-refractivity contribution in [1.82, 2.24) is 20.2 Å². The maximum absolute atomic E-state index is 4.53. The molecule has 1 aliphatic carbocycles. The molecule has 1 aromatic rings. The zero-order valence-corrected chi connectivity index (χ0v) is 14.1. The van der Waals surface area contributed by atoms with E-state index in [-0.39, 0.29) is 0 Å². The van der Waals surface area contributed by atoms with E-state index in [4.69, 9.17) is 0 Å². The van der Waals surface area contributed by atoms with Gasteiger partial charge in [0, 0.05) is 37.7 Å². The van der Waals surface area contributed by atoms with E-state index in [1.807, 2.05) is 0 Å². The summed E-state index contributed by atoms with van der Waals surface area (Å²) in [5.41, 5.74) is 2.56. The molecule has 0 amide bonds. The number of nitrogens with one attached hydrogen (secondary N) is 2. The van der Waals surface area contributed by atoms with E-state index in [1.165, 1.54) is 56.5 Å². The SMILES string of the molecule is c1nc2c(c(NC[C@@H]3CCN(C4CCCC4)C3)n1)CCNCC2. The normalized spacial score (nSPS) is 26.2. The second-order valence-corrected chi connectivity index (χ2v) is 7.37. The number of fused-ring (bicyclic) bond motifs is 1. The third-order valence-corrected chi connectivity index (χ3v) is 5.84. The molecule has 2 N–H and O–H groups in total. The average molecular weight is 315 g/mol. The summed E-state index contributed by atoms with van der Waals surface area (Å²) in [5.74, 6) is 1.85. The fourth-order valence-electron chi connectivity index (χ4n) is 4.50. The number of rotatable bonds is 4. The number of anilines is 1. The van der Waals surface area contributed by atoms with Crippen LogP contribution in [0.4, 0.5) is 5.82 Å². The van der Waals surface area contributed by atoms with Gasteiger partial charge in [-0.1, -0.05) is 12.8 Å². The van der Waals surface area contributed by atoms with E-state index < -0.39 is 0 Å². The van der Waals surface area contributed by atoms with Gasteiger partial charge >= 0.3 is 0 Å². The first-order chi connectivity index (χ1) is 11.4. The molecular weight excluding hydrogens is 286 g/mol. The predicted molar refractivity (Wildman–Crippen MR) is 92.7 cm³/mol. The maximum atomic E-state index is 4.53. The summed E-state index contributed by atoms with van der Waals surface area (Å²) in [4.78, 5) is 11.8. The molecule has 2 fully saturated rings. The molecule has 5 heteroatoms. The van der Waals surface area contributed by atoms with Gasteiger partial charge in [-0.15, -0.1) is 0 Å². The highest BCUT2D eigenvalue weighted by Gasteiger charge is 2.29. The van der Waals surface area contributed by atoms with E-state index in [0.29, 0.717) is 0 Å². The highest BCUT2D eigenvalue weighted by Crippen LogP contribution is 2.29. The monoisotopic (exact) mass is 315 g/mol. The molecule has 3 aliphatic rings. The predicted octanol–water partition coefficient (Wildman–Crippen LogP) is 1.84. The smallest absolute Gasteiger partial charge is 0.132 e. The zero-order valence-electron chi connectivity index (χ0n) is 14.1. The van der Waals surface area contributed by atoms with Crippen molar-refractivity contribution in [3.63, 3.8) is 0 Å². The molecule has 4 rings (SSSR count). The molecular formula is C18H29N5. The Morgan fingerprint density at radius 1 is 1.13 bits per heavy atom. The van der Waals surface area contributed by atoms with Gasteiger partial charge in [0.2, 0.25) is 0 Å².